The smallest absolute Gasteiger partial charge is 0.308 e. The van der Waals surface area contributed by atoms with Gasteiger partial charge < -0.3 is 9.47 Å². The summed E-state index contributed by atoms with van der Waals surface area (Å²) < 4.78 is 9.62. The predicted molar refractivity (Wildman–Crippen MR) is 30.4 cm³/mol. The van der Waals surface area contributed by atoms with Gasteiger partial charge in [-0.1, -0.05) is 0 Å². The Morgan fingerprint density at radius 2 is 2.56 bits per heavy atom. The molecule has 1 unspecified atom stereocenters. The third kappa shape index (κ3) is 2.01. The van der Waals surface area contributed by atoms with E-state index in [2.05, 4.69) is 11.7 Å². The molecule has 0 N–H and O–H groups in total. The van der Waals surface area contributed by atoms with Crippen molar-refractivity contribution in [3.63, 3.8) is 0 Å². The molecule has 3 heteroatoms. The normalized spacial score (nSPS) is 26.1. The van der Waals surface area contributed by atoms with Gasteiger partial charge in [0.1, 0.15) is 0 Å². The Morgan fingerprint density at radius 3 is 3.00 bits per heavy atom. The van der Waals surface area contributed by atoms with E-state index >= 15 is 0 Å². The summed E-state index contributed by atoms with van der Waals surface area (Å²) in [6, 6.07) is 0. The number of hydrogen-bond donors (Lipinski definition) is 0. The molecule has 0 aromatic carbocycles. The Labute approximate surface area is 53.9 Å². The molecule has 3 nitrogen and oxygen atoms in total. The second kappa shape index (κ2) is 2.82. The summed E-state index contributed by atoms with van der Waals surface area (Å²) in [6.45, 7) is 3.75. The maximum atomic E-state index is 10.2. The second-order valence-corrected chi connectivity index (χ2v) is 1.93. The highest BCUT2D eigenvalue weighted by Gasteiger charge is 2.17. The lowest BCUT2D eigenvalue weighted by Crippen LogP contribution is -2.13. The van der Waals surface area contributed by atoms with Gasteiger partial charge in [-0.15, -0.1) is 0 Å². The van der Waals surface area contributed by atoms with Crippen LogP contribution in [0.3, 0.4) is 0 Å². The zero-order chi connectivity index (χ0) is 6.69. The molecule has 1 aliphatic heterocycles. The molecule has 0 aromatic heterocycles. The number of hydrogen-bond acceptors (Lipinski definition) is 3. The van der Waals surface area contributed by atoms with E-state index in [1.165, 1.54) is 0 Å². The van der Waals surface area contributed by atoms with Crippen molar-refractivity contribution >= 4 is 5.97 Å². The Balaban J connectivity index is 2.19. The van der Waals surface area contributed by atoms with Crippen molar-refractivity contribution in [2.75, 3.05) is 6.61 Å². The summed E-state index contributed by atoms with van der Waals surface area (Å²) in [6.07, 6.45) is 1.45. The molecule has 51 valence electrons. The Hall–Kier alpha value is -0.570. The van der Waals surface area contributed by atoms with Gasteiger partial charge in [-0.05, 0) is 6.42 Å². The summed E-state index contributed by atoms with van der Waals surface area (Å²) in [5, 5.41) is 0. The molecule has 0 bridgehead atoms. The lowest BCUT2D eigenvalue weighted by atomic mass is 10.4. The van der Waals surface area contributed by atoms with E-state index in [1.54, 1.807) is 0 Å². The number of carbonyl (C=O) groups excluding carboxylic acids is 1. The van der Waals surface area contributed by atoms with Gasteiger partial charge in [0.25, 0.3) is 0 Å². The van der Waals surface area contributed by atoms with Gasteiger partial charge in [0.05, 0.1) is 13.5 Å². The highest BCUT2D eigenvalue weighted by Crippen LogP contribution is 2.12. The van der Waals surface area contributed by atoms with Gasteiger partial charge in [0, 0.05) is 6.42 Å². The van der Waals surface area contributed by atoms with Gasteiger partial charge in [-0.3, -0.25) is 4.79 Å². The third-order valence-corrected chi connectivity index (χ3v) is 1.15. The first-order valence-electron chi connectivity index (χ1n) is 2.93. The lowest BCUT2D eigenvalue weighted by Gasteiger charge is -2.07. The van der Waals surface area contributed by atoms with Gasteiger partial charge in [0.2, 0.25) is 6.29 Å². The third-order valence-electron chi connectivity index (χ3n) is 1.15. The van der Waals surface area contributed by atoms with E-state index in [0.29, 0.717) is 6.61 Å². The summed E-state index contributed by atoms with van der Waals surface area (Å²) in [5.74, 6) is -0.512. The first-order valence-corrected chi connectivity index (χ1v) is 2.93. The van der Waals surface area contributed by atoms with Gasteiger partial charge in [-0.25, -0.2) is 0 Å². The Morgan fingerprint density at radius 1 is 1.78 bits per heavy atom. The molecular formula is C6H9O3. The van der Waals surface area contributed by atoms with Crippen molar-refractivity contribution in [2.45, 2.75) is 19.1 Å². The average molecular weight is 129 g/mol. The fraction of sp³-hybridized carbons (Fsp3) is 0.667. The van der Waals surface area contributed by atoms with Crippen LogP contribution in [0.1, 0.15) is 12.8 Å². The molecule has 0 amide bonds. The van der Waals surface area contributed by atoms with Crippen LogP contribution in [-0.4, -0.2) is 18.9 Å². The second-order valence-electron chi connectivity index (χ2n) is 1.93. The maximum Gasteiger partial charge on any atom is 0.308 e. The molecule has 1 heterocycles. The number of carbonyl (C=O) groups is 1. The molecule has 1 radical (unpaired) electrons. The SMILES string of the molecule is [CH2]C(=O)OC1CCCO1. The van der Waals surface area contributed by atoms with Gasteiger partial charge >= 0.3 is 5.97 Å². The van der Waals surface area contributed by atoms with Crippen LogP contribution in [0.5, 0.6) is 0 Å². The molecule has 0 aliphatic carbocycles. The van der Waals surface area contributed by atoms with Crippen molar-refractivity contribution in [3.8, 4) is 0 Å². The van der Waals surface area contributed by atoms with Gasteiger partial charge in [0.15, 0.2) is 0 Å². The van der Waals surface area contributed by atoms with Crippen LogP contribution in [0.15, 0.2) is 0 Å². The molecule has 1 saturated heterocycles. The summed E-state index contributed by atoms with van der Waals surface area (Å²) in [7, 11) is 0. The predicted octanol–water partition coefficient (Wildman–Crippen LogP) is 0.500. The molecule has 1 atom stereocenters. The summed E-state index contributed by atoms with van der Waals surface area (Å²) in [5.41, 5.74) is 0. The Bertz CT molecular complexity index is 105. The average Bonchev–Trinajstić information content (AvgIpc) is 2.15. The highest BCUT2D eigenvalue weighted by atomic mass is 16.7. The molecule has 0 aromatic rings. The van der Waals surface area contributed by atoms with Crippen molar-refractivity contribution in [1.29, 1.82) is 0 Å². The quantitative estimate of drug-likeness (QED) is 0.483. The number of esters is 1. The molecule has 1 rings (SSSR count). The largest absolute Gasteiger partial charge is 0.436 e. The van der Waals surface area contributed by atoms with E-state index < -0.39 is 5.97 Å². The van der Waals surface area contributed by atoms with E-state index in [1.807, 2.05) is 0 Å². The molecule has 1 aliphatic rings. The van der Waals surface area contributed by atoms with E-state index in [-0.39, 0.29) is 6.29 Å². The van der Waals surface area contributed by atoms with Crippen LogP contribution in [0.25, 0.3) is 0 Å². The lowest BCUT2D eigenvalue weighted by molar-refractivity contribution is -0.163. The Kier molecular flexibility index (Phi) is 2.05. The molecule has 0 spiro atoms. The standard InChI is InChI=1S/C6H9O3/c1-5(7)9-6-3-2-4-8-6/h6H,1-4H2. The van der Waals surface area contributed by atoms with Gasteiger partial charge in [-0.2, -0.15) is 0 Å². The maximum absolute atomic E-state index is 10.2. The van der Waals surface area contributed by atoms with Crippen LogP contribution in [0.2, 0.25) is 0 Å². The number of ether oxygens (including phenoxy) is 2. The monoisotopic (exact) mass is 129 g/mol. The van der Waals surface area contributed by atoms with Crippen LogP contribution in [0.4, 0.5) is 0 Å². The molecule has 0 saturated carbocycles. The molecular weight excluding hydrogens is 120 g/mol. The van der Waals surface area contributed by atoms with E-state index in [0.717, 1.165) is 12.8 Å². The van der Waals surface area contributed by atoms with Crippen LogP contribution in [-0.2, 0) is 14.3 Å². The van der Waals surface area contributed by atoms with Crippen molar-refractivity contribution < 1.29 is 14.3 Å². The van der Waals surface area contributed by atoms with Crippen molar-refractivity contribution in [2.24, 2.45) is 0 Å². The van der Waals surface area contributed by atoms with Crippen LogP contribution < -0.4 is 0 Å². The minimum Gasteiger partial charge on any atom is -0.436 e. The van der Waals surface area contributed by atoms with Crippen LogP contribution >= 0.6 is 0 Å². The first kappa shape index (κ1) is 6.55. The van der Waals surface area contributed by atoms with Crippen LogP contribution in [0, 0.1) is 6.92 Å². The first-order chi connectivity index (χ1) is 4.29. The van der Waals surface area contributed by atoms with Crippen molar-refractivity contribution in [3.05, 3.63) is 6.92 Å². The summed E-state index contributed by atoms with van der Waals surface area (Å²) in [4.78, 5) is 10.2. The summed E-state index contributed by atoms with van der Waals surface area (Å²) >= 11 is 0. The topological polar surface area (TPSA) is 35.5 Å². The number of rotatable bonds is 1. The fourth-order valence-corrected chi connectivity index (χ4v) is 0.788. The fourth-order valence-electron chi connectivity index (χ4n) is 0.788. The zero-order valence-electron chi connectivity index (χ0n) is 5.13. The van der Waals surface area contributed by atoms with E-state index in [9.17, 15) is 4.79 Å². The highest BCUT2D eigenvalue weighted by molar-refractivity contribution is 5.73. The minimum atomic E-state index is -0.512. The zero-order valence-corrected chi connectivity index (χ0v) is 5.13. The minimum absolute atomic E-state index is 0.324. The van der Waals surface area contributed by atoms with Crippen molar-refractivity contribution in [1.82, 2.24) is 0 Å². The van der Waals surface area contributed by atoms with E-state index in [4.69, 9.17) is 4.74 Å². The molecule has 9 heavy (non-hydrogen) atoms. The molecule has 1 fully saturated rings.